The highest BCUT2D eigenvalue weighted by atomic mass is 32.1. The summed E-state index contributed by atoms with van der Waals surface area (Å²) in [7, 11) is 0. The van der Waals surface area contributed by atoms with Crippen molar-refractivity contribution in [2.45, 2.75) is 20.5 Å². The van der Waals surface area contributed by atoms with Gasteiger partial charge in [-0.05, 0) is 43.7 Å². The van der Waals surface area contributed by atoms with Crippen molar-refractivity contribution in [3.8, 4) is 5.75 Å². The summed E-state index contributed by atoms with van der Waals surface area (Å²) in [5, 5.41) is 2.60. The molecule has 8 nitrogen and oxygen atoms in total. The number of furan rings is 1. The van der Waals surface area contributed by atoms with E-state index in [-0.39, 0.29) is 45.9 Å². The van der Waals surface area contributed by atoms with Crippen molar-refractivity contribution in [3.05, 3.63) is 69.5 Å². The standard InChI is InChI=1S/C21H18F2N2O6S/c1-3-29-21(28)16-10(2)17(18(24)26)32-20(16)25-19(27)15-7-5-12(31-15)9-30-14-6-4-11(22)8-13(14)23/h4-8H,3,9H2,1-2H3,(H2,24,26)(H,25,27). The summed E-state index contributed by atoms with van der Waals surface area (Å²) in [5.41, 5.74) is 5.67. The van der Waals surface area contributed by atoms with Crippen LogP contribution in [0, 0.1) is 18.6 Å². The summed E-state index contributed by atoms with van der Waals surface area (Å²) < 4.78 is 42.2. The predicted molar refractivity (Wildman–Crippen MR) is 111 cm³/mol. The number of amides is 2. The van der Waals surface area contributed by atoms with Crippen LogP contribution in [0.1, 0.15) is 48.8 Å². The highest BCUT2D eigenvalue weighted by Crippen LogP contribution is 2.34. The third-order valence-corrected chi connectivity index (χ3v) is 5.45. The van der Waals surface area contributed by atoms with Gasteiger partial charge in [-0.25, -0.2) is 13.6 Å². The van der Waals surface area contributed by atoms with E-state index in [1.807, 2.05) is 0 Å². The van der Waals surface area contributed by atoms with E-state index in [2.05, 4.69) is 5.32 Å². The molecule has 2 aromatic heterocycles. The molecular weight excluding hydrogens is 446 g/mol. The quantitative estimate of drug-likeness (QED) is 0.486. The number of carbonyl (C=O) groups is 3. The Hall–Kier alpha value is -3.73. The van der Waals surface area contributed by atoms with Gasteiger partial charge in [0.2, 0.25) is 0 Å². The highest BCUT2D eigenvalue weighted by Gasteiger charge is 2.26. The van der Waals surface area contributed by atoms with Gasteiger partial charge in [0.15, 0.2) is 17.3 Å². The number of esters is 1. The third kappa shape index (κ3) is 4.94. The van der Waals surface area contributed by atoms with Gasteiger partial charge < -0.3 is 24.9 Å². The van der Waals surface area contributed by atoms with E-state index < -0.39 is 29.4 Å². The number of carbonyl (C=O) groups excluding carboxylic acids is 3. The lowest BCUT2D eigenvalue weighted by Crippen LogP contribution is -2.14. The maximum atomic E-state index is 13.6. The molecule has 2 heterocycles. The summed E-state index contributed by atoms with van der Waals surface area (Å²) in [6.07, 6.45) is 0. The molecule has 2 amide bonds. The number of hydrogen-bond acceptors (Lipinski definition) is 7. The summed E-state index contributed by atoms with van der Waals surface area (Å²) in [6.45, 7) is 3.03. The summed E-state index contributed by atoms with van der Waals surface area (Å²) >= 11 is 0.843. The minimum absolute atomic E-state index is 0.0286. The van der Waals surface area contributed by atoms with Gasteiger partial charge in [-0.15, -0.1) is 11.3 Å². The number of hydrogen-bond donors (Lipinski definition) is 2. The van der Waals surface area contributed by atoms with Gasteiger partial charge in [0, 0.05) is 6.07 Å². The van der Waals surface area contributed by atoms with Gasteiger partial charge in [-0.1, -0.05) is 0 Å². The SMILES string of the molecule is CCOC(=O)c1c(NC(=O)c2ccc(COc3ccc(F)cc3F)o2)sc(C(N)=O)c1C. The minimum atomic E-state index is -0.876. The second kappa shape index (κ2) is 9.60. The molecule has 0 spiro atoms. The van der Waals surface area contributed by atoms with E-state index in [0.717, 1.165) is 23.5 Å². The normalized spacial score (nSPS) is 10.6. The number of rotatable bonds is 8. The minimum Gasteiger partial charge on any atom is -0.483 e. The van der Waals surface area contributed by atoms with Crippen LogP contribution < -0.4 is 15.8 Å². The zero-order valence-electron chi connectivity index (χ0n) is 17.0. The lowest BCUT2D eigenvalue weighted by atomic mass is 10.1. The molecule has 3 rings (SSSR count). The fourth-order valence-corrected chi connectivity index (χ4v) is 3.81. The first-order valence-corrected chi connectivity index (χ1v) is 10.1. The van der Waals surface area contributed by atoms with Crippen molar-refractivity contribution in [1.82, 2.24) is 0 Å². The zero-order valence-corrected chi connectivity index (χ0v) is 17.8. The van der Waals surface area contributed by atoms with Crippen LogP contribution in [-0.4, -0.2) is 24.4 Å². The maximum absolute atomic E-state index is 13.6. The Morgan fingerprint density at radius 3 is 2.59 bits per heavy atom. The molecule has 0 fully saturated rings. The fraction of sp³-hybridized carbons (Fsp3) is 0.190. The summed E-state index contributed by atoms with van der Waals surface area (Å²) in [6, 6.07) is 5.66. The van der Waals surface area contributed by atoms with Crippen molar-refractivity contribution < 1.29 is 37.1 Å². The first kappa shape index (κ1) is 22.9. The number of benzene rings is 1. The van der Waals surface area contributed by atoms with Crippen molar-refractivity contribution in [1.29, 1.82) is 0 Å². The molecule has 0 aliphatic heterocycles. The zero-order chi connectivity index (χ0) is 23.4. The molecule has 1 aromatic carbocycles. The van der Waals surface area contributed by atoms with Gasteiger partial charge in [0.05, 0.1) is 17.0 Å². The molecule has 0 unspecified atom stereocenters. The van der Waals surface area contributed by atoms with Crippen LogP contribution in [0.5, 0.6) is 5.75 Å². The van der Waals surface area contributed by atoms with Crippen LogP contribution in [-0.2, 0) is 11.3 Å². The summed E-state index contributed by atoms with van der Waals surface area (Å²) in [5.74, 6) is -3.87. The molecule has 0 bridgehead atoms. The fourth-order valence-electron chi connectivity index (χ4n) is 2.77. The lowest BCUT2D eigenvalue weighted by molar-refractivity contribution is 0.0527. The molecule has 32 heavy (non-hydrogen) atoms. The Morgan fingerprint density at radius 2 is 1.94 bits per heavy atom. The van der Waals surface area contributed by atoms with E-state index in [4.69, 9.17) is 19.6 Å². The van der Waals surface area contributed by atoms with Crippen LogP contribution in [0.15, 0.2) is 34.7 Å². The first-order valence-electron chi connectivity index (χ1n) is 9.29. The number of primary amides is 1. The number of ether oxygens (including phenoxy) is 2. The van der Waals surface area contributed by atoms with Crippen LogP contribution in [0.3, 0.4) is 0 Å². The molecular formula is C21H18F2N2O6S. The molecule has 0 aliphatic rings. The van der Waals surface area contributed by atoms with Crippen molar-refractivity contribution in [3.63, 3.8) is 0 Å². The van der Waals surface area contributed by atoms with Crippen molar-refractivity contribution >= 4 is 34.1 Å². The molecule has 0 saturated heterocycles. The molecule has 0 atom stereocenters. The Bertz CT molecular complexity index is 1190. The Kier molecular flexibility index (Phi) is 6.89. The largest absolute Gasteiger partial charge is 0.483 e. The first-order chi connectivity index (χ1) is 15.2. The molecule has 0 saturated carbocycles. The second-order valence-electron chi connectivity index (χ2n) is 6.43. The molecule has 3 N–H and O–H groups in total. The number of halogens is 2. The number of anilines is 1. The Labute approximate surface area is 184 Å². The maximum Gasteiger partial charge on any atom is 0.341 e. The summed E-state index contributed by atoms with van der Waals surface area (Å²) in [4.78, 5) is 36.7. The number of nitrogens with two attached hydrogens (primary N) is 1. The number of nitrogens with one attached hydrogen (secondary N) is 1. The van der Waals surface area contributed by atoms with E-state index in [9.17, 15) is 23.2 Å². The average Bonchev–Trinajstić information content (AvgIpc) is 3.32. The average molecular weight is 464 g/mol. The molecule has 3 aromatic rings. The smallest absolute Gasteiger partial charge is 0.341 e. The van der Waals surface area contributed by atoms with Gasteiger partial charge in [0.1, 0.15) is 23.2 Å². The topological polar surface area (TPSA) is 121 Å². The number of thiophene rings is 1. The van der Waals surface area contributed by atoms with Crippen LogP contribution >= 0.6 is 11.3 Å². The highest BCUT2D eigenvalue weighted by molar-refractivity contribution is 7.18. The van der Waals surface area contributed by atoms with Crippen LogP contribution in [0.4, 0.5) is 13.8 Å². The lowest BCUT2D eigenvalue weighted by Gasteiger charge is -2.06. The second-order valence-corrected chi connectivity index (χ2v) is 7.45. The molecule has 168 valence electrons. The van der Waals surface area contributed by atoms with Crippen LogP contribution in [0.25, 0.3) is 0 Å². The van der Waals surface area contributed by atoms with Crippen LogP contribution in [0.2, 0.25) is 0 Å². The van der Waals surface area contributed by atoms with Gasteiger partial charge >= 0.3 is 5.97 Å². The molecule has 0 aliphatic carbocycles. The Balaban J connectivity index is 1.75. The molecule has 11 heteroatoms. The van der Waals surface area contributed by atoms with E-state index in [1.165, 1.54) is 19.1 Å². The van der Waals surface area contributed by atoms with E-state index >= 15 is 0 Å². The third-order valence-electron chi connectivity index (χ3n) is 4.23. The van der Waals surface area contributed by atoms with Gasteiger partial charge in [0.25, 0.3) is 11.8 Å². The van der Waals surface area contributed by atoms with Gasteiger partial charge in [-0.2, -0.15) is 0 Å². The monoisotopic (exact) mass is 464 g/mol. The Morgan fingerprint density at radius 1 is 1.19 bits per heavy atom. The predicted octanol–water partition coefficient (Wildman–Crippen LogP) is 4.03. The van der Waals surface area contributed by atoms with E-state index in [1.54, 1.807) is 6.92 Å². The van der Waals surface area contributed by atoms with Gasteiger partial charge in [-0.3, -0.25) is 9.59 Å². The van der Waals surface area contributed by atoms with Crippen molar-refractivity contribution in [2.24, 2.45) is 5.73 Å². The van der Waals surface area contributed by atoms with E-state index in [0.29, 0.717) is 11.6 Å². The van der Waals surface area contributed by atoms with Crippen molar-refractivity contribution in [2.75, 3.05) is 11.9 Å². The molecule has 0 radical (unpaired) electrons.